The number of benzene rings is 2. The summed E-state index contributed by atoms with van der Waals surface area (Å²) in [5.74, 6) is -5.31. The van der Waals surface area contributed by atoms with Crippen LogP contribution in [0.15, 0.2) is 41.4 Å². The van der Waals surface area contributed by atoms with Crippen molar-refractivity contribution in [1.29, 1.82) is 0 Å². The van der Waals surface area contributed by atoms with E-state index in [0.717, 1.165) is 12.1 Å². The molecule has 1 N–H and O–H groups in total. The fraction of sp³-hybridized carbons (Fsp3) is 0. The summed E-state index contributed by atoms with van der Waals surface area (Å²) in [6.45, 7) is 0. The number of carboxylic acid groups (broad SMARTS) is 1. The second-order valence-electron chi connectivity index (χ2n) is 3.88. The van der Waals surface area contributed by atoms with Gasteiger partial charge in [-0.05, 0) is 29.8 Å². The van der Waals surface area contributed by atoms with Gasteiger partial charge in [0.2, 0.25) is 0 Å². The Hall–Kier alpha value is -2.63. The van der Waals surface area contributed by atoms with Gasteiger partial charge in [0.1, 0.15) is 5.69 Å². The van der Waals surface area contributed by atoms with Crippen molar-refractivity contribution in [3.05, 3.63) is 65.0 Å². The topological polar surface area (TPSA) is 49.7 Å². The lowest BCUT2D eigenvalue weighted by molar-refractivity contribution is 0.0697. The highest BCUT2D eigenvalue weighted by Crippen LogP contribution is 2.22. The molecule has 0 spiro atoms. The molecule has 0 aliphatic rings. The molecule has 0 saturated carbocycles. The van der Waals surface area contributed by atoms with Gasteiger partial charge in [-0.15, -0.1) is 0 Å². The maximum atomic E-state index is 13.3. The van der Waals surface area contributed by atoms with Crippen molar-refractivity contribution in [1.82, 2.24) is 0 Å². The molecule has 0 bridgehead atoms. The number of halogens is 3. The highest BCUT2D eigenvalue weighted by Gasteiger charge is 2.12. The minimum Gasteiger partial charge on any atom is -0.478 e. The van der Waals surface area contributed by atoms with Crippen molar-refractivity contribution >= 4 is 17.9 Å². The monoisotopic (exact) mass is 279 g/mol. The van der Waals surface area contributed by atoms with E-state index in [2.05, 4.69) is 4.99 Å². The largest absolute Gasteiger partial charge is 0.478 e. The zero-order valence-corrected chi connectivity index (χ0v) is 9.98. The number of aliphatic imine (C=N–C) groups is 1. The first-order valence-electron chi connectivity index (χ1n) is 5.50. The number of rotatable bonds is 3. The number of carboxylic acids is 1. The van der Waals surface area contributed by atoms with Crippen molar-refractivity contribution in [2.45, 2.75) is 0 Å². The summed E-state index contributed by atoms with van der Waals surface area (Å²) in [6.07, 6.45) is 1.22. The zero-order chi connectivity index (χ0) is 14.7. The molecule has 0 aliphatic carbocycles. The van der Waals surface area contributed by atoms with Gasteiger partial charge in [-0.1, -0.05) is 12.1 Å². The fourth-order valence-corrected chi connectivity index (χ4v) is 1.47. The standard InChI is InChI=1S/C14H8F3NO2/c15-10-5-6-11(13(17)12(10)16)18-7-8-1-3-9(4-2-8)14(19)20/h1-7H,(H,19,20)/b18-7+. The third-order valence-electron chi connectivity index (χ3n) is 2.53. The average Bonchev–Trinajstić information content (AvgIpc) is 2.44. The van der Waals surface area contributed by atoms with E-state index in [9.17, 15) is 18.0 Å². The van der Waals surface area contributed by atoms with Gasteiger partial charge in [0.05, 0.1) is 5.56 Å². The fourth-order valence-electron chi connectivity index (χ4n) is 1.47. The number of aromatic carboxylic acids is 1. The Balaban J connectivity index is 2.25. The predicted molar refractivity (Wildman–Crippen MR) is 67.0 cm³/mol. The summed E-state index contributed by atoms with van der Waals surface area (Å²) in [5.41, 5.74) is 0.256. The van der Waals surface area contributed by atoms with Crippen molar-refractivity contribution in [3.63, 3.8) is 0 Å². The maximum absolute atomic E-state index is 13.3. The Morgan fingerprint density at radius 3 is 2.25 bits per heavy atom. The maximum Gasteiger partial charge on any atom is 0.335 e. The minimum atomic E-state index is -1.58. The molecular formula is C14H8F3NO2. The van der Waals surface area contributed by atoms with Gasteiger partial charge in [0, 0.05) is 6.21 Å². The third-order valence-corrected chi connectivity index (χ3v) is 2.53. The molecule has 0 aromatic heterocycles. The van der Waals surface area contributed by atoms with Crippen molar-refractivity contribution in [2.24, 2.45) is 4.99 Å². The smallest absolute Gasteiger partial charge is 0.335 e. The molecule has 0 fully saturated rings. The summed E-state index contributed by atoms with van der Waals surface area (Å²) in [6, 6.07) is 7.42. The molecular weight excluding hydrogens is 271 g/mol. The lowest BCUT2D eigenvalue weighted by Crippen LogP contribution is -1.95. The van der Waals surface area contributed by atoms with Crippen LogP contribution in [0.25, 0.3) is 0 Å². The molecule has 0 radical (unpaired) electrons. The van der Waals surface area contributed by atoms with E-state index < -0.39 is 23.4 Å². The van der Waals surface area contributed by atoms with Gasteiger partial charge in [-0.25, -0.2) is 18.0 Å². The van der Waals surface area contributed by atoms with Crippen LogP contribution in [-0.2, 0) is 0 Å². The molecule has 2 aromatic rings. The second kappa shape index (κ2) is 5.56. The highest BCUT2D eigenvalue weighted by molar-refractivity contribution is 5.89. The SMILES string of the molecule is O=C(O)c1ccc(/C=N/c2ccc(F)c(F)c2F)cc1. The molecule has 102 valence electrons. The first kappa shape index (κ1) is 13.8. The van der Waals surface area contributed by atoms with Crippen LogP contribution in [0, 0.1) is 17.5 Å². The molecule has 0 amide bonds. The van der Waals surface area contributed by atoms with E-state index in [1.165, 1.54) is 30.5 Å². The molecule has 0 heterocycles. The molecule has 0 unspecified atom stereocenters. The Labute approximate surface area is 112 Å². The summed E-state index contributed by atoms with van der Waals surface area (Å²) in [4.78, 5) is 14.3. The van der Waals surface area contributed by atoms with Gasteiger partial charge in [0.25, 0.3) is 0 Å². The van der Waals surface area contributed by atoms with Crippen LogP contribution in [0.4, 0.5) is 18.9 Å². The summed E-state index contributed by atoms with van der Waals surface area (Å²) < 4.78 is 39.0. The van der Waals surface area contributed by atoms with Gasteiger partial charge in [0.15, 0.2) is 17.5 Å². The Kier molecular flexibility index (Phi) is 3.84. The highest BCUT2D eigenvalue weighted by atomic mass is 19.2. The predicted octanol–water partition coefficient (Wildman–Crippen LogP) is 3.55. The first-order valence-corrected chi connectivity index (χ1v) is 5.50. The molecule has 0 aliphatic heterocycles. The van der Waals surface area contributed by atoms with Gasteiger partial charge in [-0.3, -0.25) is 4.99 Å². The van der Waals surface area contributed by atoms with Crippen LogP contribution in [0.2, 0.25) is 0 Å². The normalized spacial score (nSPS) is 10.9. The molecule has 20 heavy (non-hydrogen) atoms. The molecule has 2 aromatic carbocycles. The quantitative estimate of drug-likeness (QED) is 0.690. The average molecular weight is 279 g/mol. The zero-order valence-electron chi connectivity index (χ0n) is 9.98. The molecule has 0 atom stereocenters. The van der Waals surface area contributed by atoms with E-state index in [1.807, 2.05) is 0 Å². The van der Waals surface area contributed by atoms with E-state index in [0.29, 0.717) is 5.56 Å². The Bertz CT molecular complexity index is 682. The molecule has 0 saturated heterocycles. The van der Waals surface area contributed by atoms with Gasteiger partial charge >= 0.3 is 5.97 Å². The van der Waals surface area contributed by atoms with Gasteiger partial charge < -0.3 is 5.11 Å². The minimum absolute atomic E-state index is 0.0983. The van der Waals surface area contributed by atoms with Crippen LogP contribution >= 0.6 is 0 Å². The second-order valence-corrected chi connectivity index (χ2v) is 3.88. The summed E-state index contributed by atoms with van der Waals surface area (Å²) >= 11 is 0. The van der Waals surface area contributed by atoms with Crippen molar-refractivity contribution < 1.29 is 23.1 Å². The van der Waals surface area contributed by atoms with E-state index in [4.69, 9.17) is 5.11 Å². The van der Waals surface area contributed by atoms with E-state index in [-0.39, 0.29) is 11.3 Å². The molecule has 2 rings (SSSR count). The van der Waals surface area contributed by atoms with Gasteiger partial charge in [-0.2, -0.15) is 0 Å². The number of carbonyl (C=O) groups is 1. The number of nitrogens with zero attached hydrogens (tertiary/aromatic N) is 1. The number of hydrogen-bond acceptors (Lipinski definition) is 2. The molecule has 3 nitrogen and oxygen atoms in total. The lowest BCUT2D eigenvalue weighted by atomic mass is 10.1. The number of hydrogen-bond donors (Lipinski definition) is 1. The van der Waals surface area contributed by atoms with Crippen molar-refractivity contribution in [3.8, 4) is 0 Å². The molecule has 6 heteroatoms. The summed E-state index contributed by atoms with van der Waals surface area (Å²) in [7, 11) is 0. The van der Waals surface area contributed by atoms with E-state index in [1.54, 1.807) is 0 Å². The summed E-state index contributed by atoms with van der Waals surface area (Å²) in [5, 5.41) is 8.72. The van der Waals surface area contributed by atoms with Crippen LogP contribution in [0.1, 0.15) is 15.9 Å². The van der Waals surface area contributed by atoms with Crippen LogP contribution in [-0.4, -0.2) is 17.3 Å². The third kappa shape index (κ3) is 2.85. The van der Waals surface area contributed by atoms with Crippen LogP contribution < -0.4 is 0 Å². The van der Waals surface area contributed by atoms with Crippen LogP contribution in [0.3, 0.4) is 0 Å². The first-order chi connectivity index (χ1) is 9.49. The van der Waals surface area contributed by atoms with Crippen LogP contribution in [0.5, 0.6) is 0 Å². The Morgan fingerprint density at radius 1 is 1.00 bits per heavy atom. The van der Waals surface area contributed by atoms with E-state index >= 15 is 0 Å². The Morgan fingerprint density at radius 2 is 1.65 bits per heavy atom. The van der Waals surface area contributed by atoms with Crippen molar-refractivity contribution in [2.75, 3.05) is 0 Å². The lowest BCUT2D eigenvalue weighted by Gasteiger charge is -1.99.